The number of carbonyl (C=O) groups is 2. The molecular weight excluding hydrogens is 466 g/mol. The number of fused-ring (bicyclic) bond motifs is 1. The molecule has 0 atom stereocenters. The van der Waals surface area contributed by atoms with E-state index in [1.54, 1.807) is 24.3 Å². The first-order chi connectivity index (χ1) is 16.7. The highest BCUT2D eigenvalue weighted by atomic mass is 35.5. The Morgan fingerprint density at radius 2 is 1.86 bits per heavy atom. The second-order valence-electron chi connectivity index (χ2n) is 9.81. The minimum Gasteiger partial charge on any atom is -0.447 e. The lowest BCUT2D eigenvalue weighted by Gasteiger charge is -2.30. The Hall–Kier alpha value is -3.13. The maximum Gasteiger partial charge on any atom is 0.294 e. The number of nitrogens with zero attached hydrogens (tertiary/aromatic N) is 3. The highest BCUT2D eigenvalue weighted by Crippen LogP contribution is 2.36. The zero-order valence-corrected chi connectivity index (χ0v) is 21.4. The number of anilines is 3. The van der Waals surface area contributed by atoms with Gasteiger partial charge in [0.2, 0.25) is 11.7 Å². The smallest absolute Gasteiger partial charge is 0.294 e. The van der Waals surface area contributed by atoms with E-state index in [0.29, 0.717) is 46.0 Å². The Morgan fingerprint density at radius 1 is 1.11 bits per heavy atom. The van der Waals surface area contributed by atoms with Crippen LogP contribution in [0.3, 0.4) is 0 Å². The van der Waals surface area contributed by atoms with Crippen LogP contribution in [0.25, 0.3) is 11.1 Å². The van der Waals surface area contributed by atoms with E-state index in [1.807, 2.05) is 19.0 Å². The standard InChI is InChI=1S/C26H32ClN5O3/c1-15(2)17-7-5-16(6-8-17)13-22(33)31-24-23-19(10-12-21(30-23)32(3)4)35-25(24)26(34)29-20-11-9-18(27)14-28-20/h9-12,14-17H,5-8,13H2,1-4H3,(H,31,33)(H,28,29,34). The van der Waals surface area contributed by atoms with E-state index in [0.717, 1.165) is 31.6 Å². The molecule has 3 aromatic heterocycles. The Labute approximate surface area is 210 Å². The first kappa shape index (κ1) is 25.0. The van der Waals surface area contributed by atoms with Crippen LogP contribution in [0.5, 0.6) is 0 Å². The highest BCUT2D eigenvalue weighted by Gasteiger charge is 2.28. The molecular formula is C26H32ClN5O3. The second-order valence-corrected chi connectivity index (χ2v) is 10.2. The summed E-state index contributed by atoms with van der Waals surface area (Å²) in [6.07, 6.45) is 6.24. The van der Waals surface area contributed by atoms with Crippen molar-refractivity contribution in [3.63, 3.8) is 0 Å². The van der Waals surface area contributed by atoms with E-state index in [2.05, 4.69) is 34.4 Å². The van der Waals surface area contributed by atoms with Crippen LogP contribution in [-0.4, -0.2) is 35.9 Å². The molecule has 0 aliphatic heterocycles. The fourth-order valence-corrected chi connectivity index (χ4v) is 4.74. The molecule has 3 aromatic rings. The molecule has 1 saturated carbocycles. The minimum absolute atomic E-state index is 0.0166. The maximum atomic E-state index is 13.1. The van der Waals surface area contributed by atoms with Crippen LogP contribution in [0.4, 0.5) is 17.3 Å². The van der Waals surface area contributed by atoms with Crippen molar-refractivity contribution in [2.45, 2.75) is 46.0 Å². The summed E-state index contributed by atoms with van der Waals surface area (Å²) in [5.41, 5.74) is 1.12. The molecule has 2 N–H and O–H groups in total. The second kappa shape index (κ2) is 10.6. The first-order valence-electron chi connectivity index (χ1n) is 12.0. The van der Waals surface area contributed by atoms with Gasteiger partial charge in [-0.1, -0.05) is 25.4 Å². The highest BCUT2D eigenvalue weighted by molar-refractivity contribution is 6.30. The number of pyridine rings is 2. The zero-order valence-electron chi connectivity index (χ0n) is 20.6. The third kappa shape index (κ3) is 5.93. The lowest BCUT2D eigenvalue weighted by atomic mass is 9.76. The van der Waals surface area contributed by atoms with Crippen molar-refractivity contribution in [1.29, 1.82) is 0 Å². The topological polar surface area (TPSA) is 100 Å². The molecule has 9 heteroatoms. The largest absolute Gasteiger partial charge is 0.447 e. The third-order valence-corrected chi connectivity index (χ3v) is 6.95. The molecule has 1 aliphatic rings. The Bertz CT molecular complexity index is 1200. The zero-order chi connectivity index (χ0) is 25.1. The van der Waals surface area contributed by atoms with Crippen molar-refractivity contribution < 1.29 is 14.0 Å². The number of aromatic nitrogens is 2. The summed E-state index contributed by atoms with van der Waals surface area (Å²) in [6, 6.07) is 6.77. The van der Waals surface area contributed by atoms with Gasteiger partial charge in [0.1, 0.15) is 22.8 Å². The molecule has 0 spiro atoms. The van der Waals surface area contributed by atoms with Gasteiger partial charge in [-0.3, -0.25) is 9.59 Å². The lowest BCUT2D eigenvalue weighted by Crippen LogP contribution is -2.24. The van der Waals surface area contributed by atoms with Gasteiger partial charge < -0.3 is 20.0 Å². The van der Waals surface area contributed by atoms with Crippen molar-refractivity contribution in [3.8, 4) is 0 Å². The average Bonchev–Trinajstić information content (AvgIpc) is 3.18. The van der Waals surface area contributed by atoms with Crippen LogP contribution in [0.15, 0.2) is 34.9 Å². The van der Waals surface area contributed by atoms with Gasteiger partial charge in [-0.2, -0.15) is 0 Å². The maximum absolute atomic E-state index is 13.1. The number of hydrogen-bond acceptors (Lipinski definition) is 6. The predicted molar refractivity (Wildman–Crippen MR) is 139 cm³/mol. The van der Waals surface area contributed by atoms with Crippen molar-refractivity contribution in [2.75, 3.05) is 29.6 Å². The summed E-state index contributed by atoms with van der Waals surface area (Å²) < 4.78 is 5.86. The summed E-state index contributed by atoms with van der Waals surface area (Å²) in [6.45, 7) is 4.53. The Balaban J connectivity index is 1.57. The normalized spacial score (nSPS) is 18.0. The molecule has 0 saturated heterocycles. The fourth-order valence-electron chi connectivity index (χ4n) is 4.63. The molecule has 0 unspecified atom stereocenters. The van der Waals surface area contributed by atoms with E-state index in [4.69, 9.17) is 16.0 Å². The van der Waals surface area contributed by atoms with Gasteiger partial charge in [0.15, 0.2) is 5.58 Å². The number of nitrogens with one attached hydrogen (secondary N) is 2. The number of furan rings is 1. The van der Waals surface area contributed by atoms with Gasteiger partial charge in [-0.15, -0.1) is 0 Å². The lowest BCUT2D eigenvalue weighted by molar-refractivity contribution is -0.117. The van der Waals surface area contributed by atoms with Crippen LogP contribution >= 0.6 is 11.6 Å². The number of halogens is 1. The molecule has 35 heavy (non-hydrogen) atoms. The molecule has 4 rings (SSSR count). The summed E-state index contributed by atoms with van der Waals surface area (Å²) in [5.74, 6) is 2.07. The molecule has 186 valence electrons. The first-order valence-corrected chi connectivity index (χ1v) is 12.4. The molecule has 2 amide bonds. The van der Waals surface area contributed by atoms with Crippen molar-refractivity contribution in [1.82, 2.24) is 9.97 Å². The van der Waals surface area contributed by atoms with Gasteiger partial charge in [0.25, 0.3) is 5.91 Å². The van der Waals surface area contributed by atoms with Gasteiger partial charge in [0.05, 0.1) is 5.02 Å². The van der Waals surface area contributed by atoms with E-state index < -0.39 is 5.91 Å². The van der Waals surface area contributed by atoms with E-state index >= 15 is 0 Å². The molecule has 1 fully saturated rings. The van der Waals surface area contributed by atoms with Gasteiger partial charge in [-0.25, -0.2) is 9.97 Å². The molecule has 0 bridgehead atoms. The molecule has 1 aliphatic carbocycles. The molecule has 0 aromatic carbocycles. The summed E-state index contributed by atoms with van der Waals surface area (Å²) >= 11 is 5.89. The summed E-state index contributed by atoms with van der Waals surface area (Å²) in [7, 11) is 3.75. The van der Waals surface area contributed by atoms with Crippen LogP contribution < -0.4 is 15.5 Å². The number of rotatable bonds is 7. The van der Waals surface area contributed by atoms with Crippen molar-refractivity contribution >= 4 is 51.8 Å². The number of hydrogen-bond donors (Lipinski definition) is 2. The summed E-state index contributed by atoms with van der Waals surface area (Å²) in [5, 5.41) is 6.10. The van der Waals surface area contributed by atoms with Crippen LogP contribution in [0, 0.1) is 17.8 Å². The van der Waals surface area contributed by atoms with Crippen LogP contribution in [0.2, 0.25) is 5.02 Å². The number of carbonyl (C=O) groups excluding carboxylic acids is 2. The molecule has 8 nitrogen and oxygen atoms in total. The van der Waals surface area contributed by atoms with Crippen molar-refractivity contribution in [3.05, 3.63) is 41.2 Å². The summed E-state index contributed by atoms with van der Waals surface area (Å²) in [4.78, 5) is 36.8. The number of amides is 2. The minimum atomic E-state index is -0.531. The Kier molecular flexibility index (Phi) is 7.60. The molecule has 3 heterocycles. The van der Waals surface area contributed by atoms with E-state index in [-0.39, 0.29) is 17.4 Å². The van der Waals surface area contributed by atoms with Gasteiger partial charge >= 0.3 is 0 Å². The van der Waals surface area contributed by atoms with Gasteiger partial charge in [-0.05, 0) is 67.7 Å². The van der Waals surface area contributed by atoms with Crippen LogP contribution in [0.1, 0.15) is 56.5 Å². The average molecular weight is 498 g/mol. The Morgan fingerprint density at radius 3 is 2.49 bits per heavy atom. The van der Waals surface area contributed by atoms with E-state index in [9.17, 15) is 9.59 Å². The van der Waals surface area contributed by atoms with E-state index in [1.165, 1.54) is 6.20 Å². The molecule has 0 radical (unpaired) electrons. The van der Waals surface area contributed by atoms with Gasteiger partial charge in [0, 0.05) is 26.7 Å². The third-order valence-electron chi connectivity index (χ3n) is 6.73. The van der Waals surface area contributed by atoms with Crippen molar-refractivity contribution in [2.24, 2.45) is 17.8 Å². The fraction of sp³-hybridized carbons (Fsp3) is 0.462. The van der Waals surface area contributed by atoms with Crippen LogP contribution in [-0.2, 0) is 4.79 Å². The quantitative estimate of drug-likeness (QED) is 0.416. The predicted octanol–water partition coefficient (Wildman–Crippen LogP) is 5.99. The SMILES string of the molecule is CC(C)C1CCC(CC(=O)Nc2c(C(=O)Nc3ccc(Cl)cn3)oc3ccc(N(C)C)nc23)CC1. The monoisotopic (exact) mass is 497 g/mol.